The molecule has 1 heterocycles. The standard InChI is InChI=1S/C12H19N3O3S/c1-4-6-9-11(19-14-13-9)12(17)15(5-2)8-7-10(16)18-3/h4-8H2,1-3H3. The van der Waals surface area contributed by atoms with E-state index in [0.29, 0.717) is 18.0 Å². The van der Waals surface area contributed by atoms with Gasteiger partial charge in [-0.1, -0.05) is 17.8 Å². The number of methoxy groups -OCH3 is 1. The van der Waals surface area contributed by atoms with E-state index in [1.807, 2.05) is 13.8 Å². The Hall–Kier alpha value is -1.50. The fourth-order valence-corrected chi connectivity index (χ4v) is 2.32. The molecule has 0 aliphatic carbocycles. The van der Waals surface area contributed by atoms with Crippen molar-refractivity contribution in [3.8, 4) is 0 Å². The molecule has 0 aliphatic rings. The first-order valence-electron chi connectivity index (χ1n) is 6.31. The van der Waals surface area contributed by atoms with Crippen LogP contribution in [0.25, 0.3) is 0 Å². The molecular formula is C12H19N3O3S. The van der Waals surface area contributed by atoms with Gasteiger partial charge in [0.2, 0.25) is 0 Å². The minimum absolute atomic E-state index is 0.107. The Bertz CT molecular complexity index is 434. The van der Waals surface area contributed by atoms with Gasteiger partial charge in [-0.3, -0.25) is 9.59 Å². The second-order valence-corrected chi connectivity index (χ2v) is 4.76. The molecule has 0 radical (unpaired) electrons. The van der Waals surface area contributed by atoms with Crippen LogP contribution in [0.5, 0.6) is 0 Å². The summed E-state index contributed by atoms with van der Waals surface area (Å²) < 4.78 is 8.42. The van der Waals surface area contributed by atoms with Crippen LogP contribution in [-0.2, 0) is 16.0 Å². The molecule has 1 aromatic rings. The SMILES string of the molecule is CCCc1nnsc1C(=O)N(CC)CCC(=O)OC. The van der Waals surface area contributed by atoms with Crippen molar-refractivity contribution in [1.29, 1.82) is 0 Å². The Morgan fingerprint density at radius 1 is 1.37 bits per heavy atom. The van der Waals surface area contributed by atoms with Crippen molar-refractivity contribution in [3.05, 3.63) is 10.6 Å². The molecule has 0 aliphatic heterocycles. The number of carbonyl (C=O) groups excluding carboxylic acids is 2. The molecule has 19 heavy (non-hydrogen) atoms. The Kier molecular flexibility index (Phi) is 6.41. The van der Waals surface area contributed by atoms with Crippen LogP contribution in [0.2, 0.25) is 0 Å². The van der Waals surface area contributed by atoms with Gasteiger partial charge < -0.3 is 9.64 Å². The zero-order valence-corrected chi connectivity index (χ0v) is 12.3. The highest BCUT2D eigenvalue weighted by Crippen LogP contribution is 2.15. The number of ether oxygens (including phenoxy) is 1. The molecule has 6 nitrogen and oxygen atoms in total. The lowest BCUT2D eigenvalue weighted by Gasteiger charge is -2.19. The van der Waals surface area contributed by atoms with Crippen molar-refractivity contribution in [1.82, 2.24) is 14.5 Å². The number of hydrogen-bond acceptors (Lipinski definition) is 6. The Balaban J connectivity index is 2.72. The Morgan fingerprint density at radius 3 is 2.68 bits per heavy atom. The zero-order valence-electron chi connectivity index (χ0n) is 11.5. The summed E-state index contributed by atoms with van der Waals surface area (Å²) in [5.74, 6) is -0.424. The molecule has 106 valence electrons. The van der Waals surface area contributed by atoms with E-state index in [1.165, 1.54) is 7.11 Å². The molecule has 7 heteroatoms. The maximum absolute atomic E-state index is 12.3. The van der Waals surface area contributed by atoms with E-state index < -0.39 is 0 Å². The molecule has 0 fully saturated rings. The first kappa shape index (κ1) is 15.6. The van der Waals surface area contributed by atoms with Crippen LogP contribution in [0.15, 0.2) is 0 Å². The number of hydrogen-bond donors (Lipinski definition) is 0. The first-order chi connectivity index (χ1) is 9.13. The van der Waals surface area contributed by atoms with Crippen molar-refractivity contribution in [2.45, 2.75) is 33.1 Å². The second-order valence-electron chi connectivity index (χ2n) is 4.01. The third-order valence-electron chi connectivity index (χ3n) is 2.72. The van der Waals surface area contributed by atoms with Crippen LogP contribution in [0.1, 0.15) is 42.1 Å². The maximum Gasteiger partial charge on any atom is 0.307 e. The largest absolute Gasteiger partial charge is 0.469 e. The van der Waals surface area contributed by atoms with Gasteiger partial charge in [-0.2, -0.15) is 0 Å². The quantitative estimate of drug-likeness (QED) is 0.710. The number of aromatic nitrogens is 2. The molecule has 0 spiro atoms. The maximum atomic E-state index is 12.3. The monoisotopic (exact) mass is 285 g/mol. The zero-order chi connectivity index (χ0) is 14.3. The molecule has 0 unspecified atom stereocenters. The lowest BCUT2D eigenvalue weighted by atomic mass is 10.2. The summed E-state index contributed by atoms with van der Waals surface area (Å²) in [5, 5.41) is 3.98. The van der Waals surface area contributed by atoms with E-state index in [9.17, 15) is 9.59 Å². The van der Waals surface area contributed by atoms with Crippen molar-refractivity contribution >= 4 is 23.4 Å². The van der Waals surface area contributed by atoms with Gasteiger partial charge in [0.05, 0.1) is 19.2 Å². The van der Waals surface area contributed by atoms with Gasteiger partial charge in [0.15, 0.2) is 0 Å². The van der Waals surface area contributed by atoms with Crippen LogP contribution >= 0.6 is 11.5 Å². The van der Waals surface area contributed by atoms with Gasteiger partial charge in [-0.05, 0) is 24.9 Å². The predicted octanol–water partition coefficient (Wildman–Crippen LogP) is 1.52. The molecule has 0 saturated carbocycles. The topological polar surface area (TPSA) is 72.4 Å². The minimum atomic E-state index is -0.317. The summed E-state index contributed by atoms with van der Waals surface area (Å²) in [6.07, 6.45) is 1.86. The van der Waals surface area contributed by atoms with Gasteiger partial charge in [-0.25, -0.2) is 0 Å². The molecular weight excluding hydrogens is 266 g/mol. The summed E-state index contributed by atoms with van der Waals surface area (Å²) in [5.41, 5.74) is 0.744. The van der Waals surface area contributed by atoms with Gasteiger partial charge in [-0.15, -0.1) is 5.10 Å². The van der Waals surface area contributed by atoms with Crippen LogP contribution in [0.4, 0.5) is 0 Å². The lowest BCUT2D eigenvalue weighted by molar-refractivity contribution is -0.140. The van der Waals surface area contributed by atoms with E-state index in [1.54, 1.807) is 4.90 Å². The molecule has 0 aromatic carbocycles. The third kappa shape index (κ3) is 4.27. The summed E-state index contributed by atoms with van der Waals surface area (Å²) >= 11 is 1.11. The number of carbonyl (C=O) groups is 2. The number of amides is 1. The fourth-order valence-electron chi connectivity index (χ4n) is 1.65. The summed E-state index contributed by atoms with van der Waals surface area (Å²) in [4.78, 5) is 25.7. The smallest absolute Gasteiger partial charge is 0.307 e. The molecule has 1 amide bonds. The van der Waals surface area contributed by atoms with Crippen molar-refractivity contribution in [3.63, 3.8) is 0 Å². The average molecular weight is 285 g/mol. The van der Waals surface area contributed by atoms with Gasteiger partial charge >= 0.3 is 5.97 Å². The van der Waals surface area contributed by atoms with E-state index >= 15 is 0 Å². The van der Waals surface area contributed by atoms with Crippen LogP contribution in [0.3, 0.4) is 0 Å². The van der Waals surface area contributed by atoms with Gasteiger partial charge in [0.1, 0.15) is 4.88 Å². The van der Waals surface area contributed by atoms with Crippen LogP contribution in [0, 0.1) is 0 Å². The molecule has 0 N–H and O–H groups in total. The van der Waals surface area contributed by atoms with Crippen LogP contribution < -0.4 is 0 Å². The fraction of sp³-hybridized carbons (Fsp3) is 0.667. The normalized spacial score (nSPS) is 10.3. The Morgan fingerprint density at radius 2 is 2.11 bits per heavy atom. The first-order valence-corrected chi connectivity index (χ1v) is 7.08. The summed E-state index contributed by atoms with van der Waals surface area (Å²) in [6.45, 7) is 4.80. The van der Waals surface area contributed by atoms with Crippen molar-refractivity contribution in [2.75, 3.05) is 20.2 Å². The molecule has 0 saturated heterocycles. The molecule has 1 aromatic heterocycles. The number of esters is 1. The highest BCUT2D eigenvalue weighted by atomic mass is 32.1. The van der Waals surface area contributed by atoms with E-state index in [4.69, 9.17) is 0 Å². The molecule has 0 atom stereocenters. The van der Waals surface area contributed by atoms with E-state index in [-0.39, 0.29) is 18.3 Å². The molecule has 1 rings (SSSR count). The van der Waals surface area contributed by atoms with E-state index in [2.05, 4.69) is 14.3 Å². The molecule has 0 bridgehead atoms. The van der Waals surface area contributed by atoms with Crippen LogP contribution in [-0.4, -0.2) is 46.6 Å². The van der Waals surface area contributed by atoms with Crippen molar-refractivity contribution in [2.24, 2.45) is 0 Å². The van der Waals surface area contributed by atoms with E-state index in [0.717, 1.165) is 30.1 Å². The van der Waals surface area contributed by atoms with Gasteiger partial charge in [0.25, 0.3) is 5.91 Å². The lowest BCUT2D eigenvalue weighted by Crippen LogP contribution is -2.33. The third-order valence-corrected chi connectivity index (χ3v) is 3.48. The second kappa shape index (κ2) is 7.83. The number of rotatable bonds is 7. The van der Waals surface area contributed by atoms with Gasteiger partial charge in [0, 0.05) is 13.1 Å². The highest BCUT2D eigenvalue weighted by Gasteiger charge is 2.21. The average Bonchev–Trinajstić information content (AvgIpc) is 2.87. The highest BCUT2D eigenvalue weighted by molar-refractivity contribution is 7.08. The Labute approximate surface area is 116 Å². The van der Waals surface area contributed by atoms with Crippen molar-refractivity contribution < 1.29 is 14.3 Å². The minimum Gasteiger partial charge on any atom is -0.469 e. The summed E-state index contributed by atoms with van der Waals surface area (Å²) in [6, 6.07) is 0. The predicted molar refractivity (Wildman–Crippen MR) is 72.1 cm³/mol. The number of nitrogens with zero attached hydrogens (tertiary/aromatic N) is 3. The summed E-state index contributed by atoms with van der Waals surface area (Å²) in [7, 11) is 1.34. The number of aryl methyl sites for hydroxylation is 1.